The van der Waals surface area contributed by atoms with E-state index in [1.807, 2.05) is 0 Å². The summed E-state index contributed by atoms with van der Waals surface area (Å²) < 4.78 is 8.53. The molecule has 82 valence electrons. The zero-order valence-corrected chi connectivity index (χ0v) is 10.2. The molecule has 15 heavy (non-hydrogen) atoms. The highest BCUT2D eigenvalue weighted by atomic mass is 35.6. The van der Waals surface area contributed by atoms with Gasteiger partial charge in [0.2, 0.25) is 0 Å². The third-order valence-corrected chi connectivity index (χ3v) is 2.85. The molecule has 2 rings (SSSR count). The zero-order valence-electron chi connectivity index (χ0n) is 7.14. The summed E-state index contributed by atoms with van der Waals surface area (Å²) in [7, 11) is 0. The Balaban J connectivity index is 2.37. The van der Waals surface area contributed by atoms with Crippen LogP contribution in [0.4, 0.5) is 0 Å². The predicted molar refractivity (Wildman–Crippen MR) is 59.9 cm³/mol. The number of fused-ring (bicyclic) bond motifs is 1. The van der Waals surface area contributed by atoms with Gasteiger partial charge in [0, 0.05) is 11.1 Å². The van der Waals surface area contributed by atoms with E-state index in [1.54, 1.807) is 12.1 Å². The van der Waals surface area contributed by atoms with Gasteiger partial charge in [0.25, 0.3) is 3.79 Å². The van der Waals surface area contributed by atoms with Gasteiger partial charge in [-0.15, -0.1) is 0 Å². The van der Waals surface area contributed by atoms with Crippen LogP contribution in [0.2, 0.25) is 5.02 Å². The van der Waals surface area contributed by atoms with Crippen LogP contribution < -0.4 is 15.2 Å². The topological polar surface area (TPSA) is 44.5 Å². The Morgan fingerprint density at radius 2 is 1.73 bits per heavy atom. The van der Waals surface area contributed by atoms with Crippen molar-refractivity contribution < 1.29 is 9.47 Å². The van der Waals surface area contributed by atoms with Crippen molar-refractivity contribution in [3.05, 3.63) is 23.2 Å². The number of ether oxygens (including phenoxy) is 2. The van der Waals surface area contributed by atoms with Gasteiger partial charge < -0.3 is 9.47 Å². The van der Waals surface area contributed by atoms with Gasteiger partial charge >= 0.3 is 5.91 Å². The van der Waals surface area contributed by atoms with Gasteiger partial charge in [-0.05, 0) is 12.1 Å². The van der Waals surface area contributed by atoms with E-state index < -0.39 is 9.70 Å². The standard InChI is InChI=1S/C8H5Cl4NO2/c9-4-1-2-5-6(3-4)15-8(13,14-5)7(10,11)12/h1-3H,13H2. The third kappa shape index (κ3) is 1.95. The molecular weight excluding hydrogens is 284 g/mol. The van der Waals surface area contributed by atoms with E-state index >= 15 is 0 Å². The maximum atomic E-state index is 5.76. The number of alkyl halides is 3. The molecule has 1 aromatic rings. The molecule has 0 aliphatic carbocycles. The maximum absolute atomic E-state index is 5.76. The van der Waals surface area contributed by atoms with Crippen molar-refractivity contribution in [2.45, 2.75) is 9.70 Å². The molecule has 0 spiro atoms. The van der Waals surface area contributed by atoms with Crippen molar-refractivity contribution >= 4 is 46.4 Å². The van der Waals surface area contributed by atoms with E-state index in [1.165, 1.54) is 6.07 Å². The molecule has 1 aromatic carbocycles. The second kappa shape index (κ2) is 3.47. The lowest BCUT2D eigenvalue weighted by molar-refractivity contribution is -0.0693. The number of rotatable bonds is 0. The van der Waals surface area contributed by atoms with Crippen molar-refractivity contribution in [2.75, 3.05) is 0 Å². The minimum absolute atomic E-state index is 0.344. The van der Waals surface area contributed by atoms with Gasteiger partial charge in [0.1, 0.15) is 0 Å². The number of halogens is 4. The van der Waals surface area contributed by atoms with Gasteiger partial charge in [0.05, 0.1) is 0 Å². The Morgan fingerprint density at radius 3 is 2.33 bits per heavy atom. The average Bonchev–Trinajstić information content (AvgIpc) is 2.40. The summed E-state index contributed by atoms with van der Waals surface area (Å²) >= 11 is 22.7. The first-order valence-electron chi connectivity index (χ1n) is 3.85. The SMILES string of the molecule is NC1(C(Cl)(Cl)Cl)Oc2ccc(Cl)cc2O1. The molecule has 1 atom stereocenters. The van der Waals surface area contributed by atoms with Crippen LogP contribution in [0.5, 0.6) is 11.5 Å². The molecule has 0 aromatic heterocycles. The third-order valence-electron chi connectivity index (χ3n) is 1.82. The highest BCUT2D eigenvalue weighted by molar-refractivity contribution is 6.68. The highest BCUT2D eigenvalue weighted by Gasteiger charge is 2.55. The molecule has 1 aliphatic rings. The Kier molecular flexibility index (Phi) is 2.64. The molecule has 1 heterocycles. The molecule has 0 saturated heterocycles. The van der Waals surface area contributed by atoms with Crippen molar-refractivity contribution in [1.82, 2.24) is 0 Å². The second-order valence-corrected chi connectivity index (χ2v) is 5.68. The fraction of sp³-hybridized carbons (Fsp3) is 0.250. The fourth-order valence-electron chi connectivity index (χ4n) is 1.11. The van der Waals surface area contributed by atoms with E-state index in [9.17, 15) is 0 Å². The lowest BCUT2D eigenvalue weighted by Crippen LogP contribution is -2.58. The number of hydrogen-bond donors (Lipinski definition) is 1. The van der Waals surface area contributed by atoms with Crippen LogP contribution in [-0.4, -0.2) is 9.70 Å². The van der Waals surface area contributed by atoms with E-state index in [4.69, 9.17) is 61.6 Å². The molecular formula is C8H5Cl4NO2. The summed E-state index contributed by atoms with van der Waals surface area (Å²) in [5.74, 6) is -1.10. The molecule has 0 fully saturated rings. The van der Waals surface area contributed by atoms with E-state index in [0.717, 1.165) is 0 Å². The first kappa shape index (κ1) is 11.4. The van der Waals surface area contributed by atoms with Gasteiger partial charge in [0.15, 0.2) is 11.5 Å². The summed E-state index contributed by atoms with van der Waals surface area (Å²) in [5, 5.41) is 0.478. The minimum Gasteiger partial charge on any atom is -0.433 e. The number of hydrogen-bond acceptors (Lipinski definition) is 3. The van der Waals surface area contributed by atoms with Crippen LogP contribution in [0.3, 0.4) is 0 Å². The lowest BCUT2D eigenvalue weighted by atomic mass is 10.3. The number of benzene rings is 1. The van der Waals surface area contributed by atoms with E-state index in [-0.39, 0.29) is 0 Å². The van der Waals surface area contributed by atoms with Crippen LogP contribution in [-0.2, 0) is 0 Å². The summed E-state index contributed by atoms with van der Waals surface area (Å²) in [6, 6.07) is 4.73. The smallest absolute Gasteiger partial charge is 0.360 e. The Hall–Kier alpha value is -0.0600. The van der Waals surface area contributed by atoms with Crippen LogP contribution in [0.1, 0.15) is 0 Å². The Labute approximate surface area is 106 Å². The van der Waals surface area contributed by atoms with Crippen molar-refractivity contribution in [2.24, 2.45) is 5.73 Å². The van der Waals surface area contributed by atoms with Crippen LogP contribution in [0.25, 0.3) is 0 Å². The van der Waals surface area contributed by atoms with Gasteiger partial charge in [-0.25, -0.2) is 0 Å². The largest absolute Gasteiger partial charge is 0.433 e. The summed E-state index contributed by atoms with van der Waals surface area (Å²) in [4.78, 5) is 0. The van der Waals surface area contributed by atoms with Gasteiger partial charge in [-0.2, -0.15) is 0 Å². The Morgan fingerprint density at radius 1 is 1.13 bits per heavy atom. The van der Waals surface area contributed by atoms with Gasteiger partial charge in [-0.3, -0.25) is 5.73 Å². The normalized spacial score (nSPS) is 24.3. The Bertz CT molecular complexity index is 406. The molecule has 0 saturated carbocycles. The van der Waals surface area contributed by atoms with Crippen LogP contribution in [0.15, 0.2) is 18.2 Å². The minimum atomic E-state index is -1.90. The first-order valence-corrected chi connectivity index (χ1v) is 5.36. The number of nitrogens with two attached hydrogens (primary N) is 1. The quantitative estimate of drug-likeness (QED) is 0.746. The first-order chi connectivity index (χ1) is 6.82. The second-order valence-electron chi connectivity index (χ2n) is 2.96. The monoisotopic (exact) mass is 287 g/mol. The molecule has 1 aliphatic heterocycles. The van der Waals surface area contributed by atoms with E-state index in [0.29, 0.717) is 16.5 Å². The fourth-order valence-corrected chi connectivity index (χ4v) is 1.50. The molecule has 0 bridgehead atoms. The summed E-state index contributed by atoms with van der Waals surface area (Å²) in [6.45, 7) is 0. The molecule has 2 N–H and O–H groups in total. The predicted octanol–water partition coefficient (Wildman–Crippen LogP) is 3.09. The molecule has 0 radical (unpaired) electrons. The molecule has 1 unspecified atom stereocenters. The summed E-state index contributed by atoms with van der Waals surface area (Å²) in [5.41, 5.74) is 5.65. The van der Waals surface area contributed by atoms with Crippen LogP contribution >= 0.6 is 46.4 Å². The van der Waals surface area contributed by atoms with Crippen molar-refractivity contribution in [1.29, 1.82) is 0 Å². The summed E-state index contributed by atoms with van der Waals surface area (Å²) in [6.07, 6.45) is 0. The highest BCUT2D eigenvalue weighted by Crippen LogP contribution is 2.47. The van der Waals surface area contributed by atoms with Gasteiger partial charge in [-0.1, -0.05) is 46.4 Å². The lowest BCUT2D eigenvalue weighted by Gasteiger charge is -2.28. The molecule has 0 amide bonds. The molecule has 7 heteroatoms. The molecule has 3 nitrogen and oxygen atoms in total. The van der Waals surface area contributed by atoms with Crippen molar-refractivity contribution in [3.8, 4) is 11.5 Å². The maximum Gasteiger partial charge on any atom is 0.360 e. The van der Waals surface area contributed by atoms with Crippen molar-refractivity contribution in [3.63, 3.8) is 0 Å². The van der Waals surface area contributed by atoms with Crippen LogP contribution in [0, 0.1) is 0 Å². The van der Waals surface area contributed by atoms with E-state index in [2.05, 4.69) is 0 Å². The zero-order chi connectivity index (χ0) is 11.3. The average molecular weight is 289 g/mol.